The summed E-state index contributed by atoms with van der Waals surface area (Å²) in [5.41, 5.74) is 7.21. The van der Waals surface area contributed by atoms with Gasteiger partial charge in [0.1, 0.15) is 0 Å². The Balaban J connectivity index is 2.49. The fraction of sp³-hybridized carbons (Fsp3) is 0.462. The molecule has 0 aliphatic heterocycles. The van der Waals surface area contributed by atoms with Crippen molar-refractivity contribution in [2.24, 2.45) is 5.73 Å². The van der Waals surface area contributed by atoms with Gasteiger partial charge in [0.2, 0.25) is 5.91 Å². The number of carbonyl (C=O) groups is 1. The predicted molar refractivity (Wildman–Crippen MR) is 70.3 cm³/mol. The van der Waals surface area contributed by atoms with Crippen molar-refractivity contribution in [1.29, 1.82) is 0 Å². The summed E-state index contributed by atoms with van der Waals surface area (Å²) in [5.74, 6) is -0.201. The predicted octanol–water partition coefficient (Wildman–Crippen LogP) is 1.14. The van der Waals surface area contributed by atoms with Gasteiger partial charge in [-0.2, -0.15) is 0 Å². The number of rotatable bonds is 7. The fourth-order valence-corrected chi connectivity index (χ4v) is 1.33. The third kappa shape index (κ3) is 5.27. The van der Waals surface area contributed by atoms with Gasteiger partial charge in [-0.1, -0.05) is 12.1 Å². The second-order valence-corrected chi connectivity index (χ2v) is 4.02. The Morgan fingerprint density at radius 2 is 2.22 bits per heavy atom. The van der Waals surface area contributed by atoms with E-state index in [1.165, 1.54) is 0 Å². The summed E-state index contributed by atoms with van der Waals surface area (Å²) < 4.78 is 10.3. The lowest BCUT2D eigenvalue weighted by Crippen LogP contribution is -2.32. The van der Waals surface area contributed by atoms with Crippen LogP contribution in [0.1, 0.15) is 12.5 Å². The van der Waals surface area contributed by atoms with Crippen molar-refractivity contribution in [3.05, 3.63) is 29.8 Å². The average Bonchev–Trinajstić information content (AvgIpc) is 2.35. The molecule has 3 N–H and O–H groups in total. The lowest BCUT2D eigenvalue weighted by atomic mass is 10.2. The van der Waals surface area contributed by atoms with Crippen LogP contribution in [0.4, 0.5) is 5.69 Å². The zero-order valence-electron chi connectivity index (χ0n) is 10.8. The highest BCUT2D eigenvalue weighted by molar-refractivity contribution is 5.94. The van der Waals surface area contributed by atoms with Gasteiger partial charge in [-0.3, -0.25) is 4.79 Å². The monoisotopic (exact) mass is 252 g/mol. The normalized spacial score (nSPS) is 12.2. The van der Waals surface area contributed by atoms with Gasteiger partial charge in [0.25, 0.3) is 0 Å². The van der Waals surface area contributed by atoms with Crippen molar-refractivity contribution in [2.45, 2.75) is 19.6 Å². The van der Waals surface area contributed by atoms with Crippen LogP contribution in [0, 0.1) is 0 Å². The van der Waals surface area contributed by atoms with E-state index in [4.69, 9.17) is 15.2 Å². The van der Waals surface area contributed by atoms with Crippen molar-refractivity contribution in [2.75, 3.05) is 25.6 Å². The standard InChI is InChI=1S/C13H20N2O3/c1-10(14)13(16)15-12-5-3-4-11(8-12)9-18-7-6-17-2/h3-5,8,10H,6-7,9,14H2,1-2H3,(H,15,16)/t10-/m1/s1. The summed E-state index contributed by atoms with van der Waals surface area (Å²) in [4.78, 5) is 11.4. The molecule has 18 heavy (non-hydrogen) atoms. The van der Waals surface area contributed by atoms with Gasteiger partial charge in [0.15, 0.2) is 0 Å². The highest BCUT2D eigenvalue weighted by Gasteiger charge is 2.07. The Kier molecular flexibility index (Phi) is 6.35. The Hall–Kier alpha value is -1.43. The molecular formula is C13H20N2O3. The van der Waals surface area contributed by atoms with E-state index in [0.29, 0.717) is 19.8 Å². The van der Waals surface area contributed by atoms with Crippen molar-refractivity contribution < 1.29 is 14.3 Å². The van der Waals surface area contributed by atoms with Crippen LogP contribution < -0.4 is 11.1 Å². The average molecular weight is 252 g/mol. The largest absolute Gasteiger partial charge is 0.382 e. The molecule has 0 spiro atoms. The van der Waals surface area contributed by atoms with E-state index >= 15 is 0 Å². The molecule has 1 rings (SSSR count). The van der Waals surface area contributed by atoms with Crippen LogP contribution in [0.15, 0.2) is 24.3 Å². The topological polar surface area (TPSA) is 73.6 Å². The first-order chi connectivity index (χ1) is 8.63. The van der Waals surface area contributed by atoms with Crippen molar-refractivity contribution in [3.63, 3.8) is 0 Å². The van der Waals surface area contributed by atoms with Crippen LogP contribution in [0.5, 0.6) is 0 Å². The number of anilines is 1. The van der Waals surface area contributed by atoms with Crippen LogP contribution >= 0.6 is 0 Å². The molecule has 0 saturated carbocycles. The number of carbonyl (C=O) groups excluding carboxylic acids is 1. The van der Waals surface area contributed by atoms with Crippen LogP contribution in [0.2, 0.25) is 0 Å². The Morgan fingerprint density at radius 1 is 1.44 bits per heavy atom. The number of amides is 1. The minimum absolute atomic E-state index is 0.201. The molecule has 1 aromatic carbocycles. The molecule has 0 aliphatic carbocycles. The van der Waals surface area contributed by atoms with Gasteiger partial charge in [0.05, 0.1) is 25.9 Å². The molecule has 1 amide bonds. The molecule has 0 aromatic heterocycles. The number of nitrogens with two attached hydrogens (primary N) is 1. The maximum atomic E-state index is 11.4. The van der Waals surface area contributed by atoms with Gasteiger partial charge >= 0.3 is 0 Å². The van der Waals surface area contributed by atoms with Crippen LogP contribution in [-0.2, 0) is 20.9 Å². The number of benzene rings is 1. The highest BCUT2D eigenvalue weighted by Crippen LogP contribution is 2.11. The lowest BCUT2D eigenvalue weighted by Gasteiger charge is -2.09. The van der Waals surface area contributed by atoms with Gasteiger partial charge < -0.3 is 20.5 Å². The lowest BCUT2D eigenvalue weighted by molar-refractivity contribution is -0.117. The van der Waals surface area contributed by atoms with E-state index in [-0.39, 0.29) is 5.91 Å². The zero-order valence-corrected chi connectivity index (χ0v) is 10.8. The number of methoxy groups -OCH3 is 1. The van der Waals surface area contributed by atoms with Crippen LogP contribution in [0.3, 0.4) is 0 Å². The minimum atomic E-state index is -0.522. The second kappa shape index (κ2) is 7.81. The van der Waals surface area contributed by atoms with Crippen LogP contribution in [0.25, 0.3) is 0 Å². The number of nitrogens with one attached hydrogen (secondary N) is 1. The van der Waals surface area contributed by atoms with E-state index in [2.05, 4.69) is 5.32 Å². The fourth-order valence-electron chi connectivity index (χ4n) is 1.33. The van der Waals surface area contributed by atoms with E-state index in [1.54, 1.807) is 14.0 Å². The summed E-state index contributed by atoms with van der Waals surface area (Å²) in [6.07, 6.45) is 0. The van der Waals surface area contributed by atoms with Gasteiger partial charge in [-0.15, -0.1) is 0 Å². The number of hydrogen-bond donors (Lipinski definition) is 2. The summed E-state index contributed by atoms with van der Waals surface area (Å²) in [6.45, 7) is 3.26. The molecule has 1 aromatic rings. The third-order valence-electron chi connectivity index (χ3n) is 2.31. The molecule has 0 unspecified atom stereocenters. The van der Waals surface area contributed by atoms with Crippen molar-refractivity contribution in [3.8, 4) is 0 Å². The molecule has 5 heteroatoms. The summed E-state index contributed by atoms with van der Waals surface area (Å²) in [7, 11) is 1.63. The molecule has 0 heterocycles. The molecule has 100 valence electrons. The summed E-state index contributed by atoms with van der Waals surface area (Å²) in [5, 5.41) is 2.74. The molecule has 0 fully saturated rings. The second-order valence-electron chi connectivity index (χ2n) is 4.02. The van der Waals surface area contributed by atoms with Crippen LogP contribution in [-0.4, -0.2) is 32.3 Å². The first-order valence-corrected chi connectivity index (χ1v) is 5.85. The smallest absolute Gasteiger partial charge is 0.240 e. The maximum absolute atomic E-state index is 11.4. The van der Waals surface area contributed by atoms with Gasteiger partial charge in [0, 0.05) is 12.8 Å². The van der Waals surface area contributed by atoms with Gasteiger partial charge in [-0.25, -0.2) is 0 Å². The number of hydrogen-bond acceptors (Lipinski definition) is 4. The Labute approximate surface area is 107 Å². The molecule has 5 nitrogen and oxygen atoms in total. The SMILES string of the molecule is COCCOCc1cccc(NC(=O)[C@@H](C)N)c1. The van der Waals surface area contributed by atoms with E-state index in [0.717, 1.165) is 11.3 Å². The summed E-state index contributed by atoms with van der Waals surface area (Å²) >= 11 is 0. The first-order valence-electron chi connectivity index (χ1n) is 5.85. The molecular weight excluding hydrogens is 232 g/mol. The summed E-state index contributed by atoms with van der Waals surface area (Å²) in [6, 6.07) is 6.97. The third-order valence-corrected chi connectivity index (χ3v) is 2.31. The maximum Gasteiger partial charge on any atom is 0.240 e. The van der Waals surface area contributed by atoms with Gasteiger partial charge in [-0.05, 0) is 24.6 Å². The van der Waals surface area contributed by atoms with Crippen molar-refractivity contribution in [1.82, 2.24) is 0 Å². The minimum Gasteiger partial charge on any atom is -0.382 e. The molecule has 0 radical (unpaired) electrons. The molecule has 0 bridgehead atoms. The van der Waals surface area contributed by atoms with E-state index in [1.807, 2.05) is 24.3 Å². The van der Waals surface area contributed by atoms with E-state index < -0.39 is 6.04 Å². The molecule has 0 saturated heterocycles. The molecule has 1 atom stereocenters. The van der Waals surface area contributed by atoms with E-state index in [9.17, 15) is 4.79 Å². The highest BCUT2D eigenvalue weighted by atomic mass is 16.5. The number of ether oxygens (including phenoxy) is 2. The quantitative estimate of drug-likeness (QED) is 0.714. The molecule has 0 aliphatic rings. The van der Waals surface area contributed by atoms with Crippen molar-refractivity contribution >= 4 is 11.6 Å². The zero-order chi connectivity index (χ0) is 13.4. The first kappa shape index (κ1) is 14.6. The Bertz CT molecular complexity index is 380. The Morgan fingerprint density at radius 3 is 2.89 bits per heavy atom.